The highest BCUT2D eigenvalue weighted by Gasteiger charge is 2.27. The van der Waals surface area contributed by atoms with Gasteiger partial charge in [-0.25, -0.2) is 0 Å². The zero-order valence-corrected chi connectivity index (χ0v) is 18.3. The van der Waals surface area contributed by atoms with Gasteiger partial charge in [0.15, 0.2) is 0 Å². The lowest BCUT2D eigenvalue weighted by molar-refractivity contribution is -0.122. The number of alkyl halides is 1. The Balaban J connectivity index is 1.84. The van der Waals surface area contributed by atoms with Crippen molar-refractivity contribution in [3.05, 3.63) is 53.9 Å². The number of rotatable bonds is 7. The van der Waals surface area contributed by atoms with Gasteiger partial charge in [0.05, 0.1) is 11.0 Å². The number of piperidine rings is 1. The number of hydrogen-bond acceptors (Lipinski definition) is 4. The van der Waals surface area contributed by atoms with E-state index in [1.807, 2.05) is 24.3 Å². The molecule has 30 heavy (non-hydrogen) atoms. The highest BCUT2D eigenvalue weighted by molar-refractivity contribution is 6.20. The Labute approximate surface area is 183 Å². The number of nitrogens with zero attached hydrogens (tertiary/aromatic N) is 2. The molecular weight excluding hydrogens is 400 g/mol. The first-order chi connectivity index (χ1) is 14.4. The summed E-state index contributed by atoms with van der Waals surface area (Å²) in [6.07, 6.45) is 6.87. The SMILES string of the molecule is CC(C)(CCl)C(=O)Nc1ccc(N2CCCCC2)c(C(=O)NCc2cccnc2)c1. The number of pyridine rings is 1. The van der Waals surface area contributed by atoms with Crippen LogP contribution in [0.25, 0.3) is 0 Å². The second-order valence-electron chi connectivity index (χ2n) is 8.30. The van der Waals surface area contributed by atoms with Crippen LogP contribution < -0.4 is 15.5 Å². The first-order valence-corrected chi connectivity index (χ1v) is 10.9. The van der Waals surface area contributed by atoms with Gasteiger partial charge >= 0.3 is 0 Å². The van der Waals surface area contributed by atoms with Gasteiger partial charge in [-0.3, -0.25) is 14.6 Å². The maximum atomic E-state index is 13.1. The molecular formula is C23H29ClN4O2. The van der Waals surface area contributed by atoms with E-state index >= 15 is 0 Å². The van der Waals surface area contributed by atoms with Gasteiger partial charge in [-0.15, -0.1) is 11.6 Å². The van der Waals surface area contributed by atoms with Crippen LogP contribution in [0.1, 0.15) is 49.0 Å². The second kappa shape index (κ2) is 9.94. The minimum absolute atomic E-state index is 0.174. The quantitative estimate of drug-likeness (QED) is 0.648. The minimum Gasteiger partial charge on any atom is -0.371 e. The van der Waals surface area contributed by atoms with E-state index in [-0.39, 0.29) is 17.7 Å². The van der Waals surface area contributed by atoms with Crippen molar-refractivity contribution >= 4 is 34.8 Å². The van der Waals surface area contributed by atoms with E-state index in [9.17, 15) is 9.59 Å². The van der Waals surface area contributed by atoms with E-state index < -0.39 is 5.41 Å². The predicted molar refractivity (Wildman–Crippen MR) is 121 cm³/mol. The Morgan fingerprint density at radius 1 is 1.17 bits per heavy atom. The lowest BCUT2D eigenvalue weighted by atomic mass is 9.95. The molecule has 1 aromatic carbocycles. The molecule has 0 saturated carbocycles. The molecule has 1 aliphatic rings. The molecule has 7 heteroatoms. The number of benzene rings is 1. The number of carbonyl (C=O) groups is 2. The number of nitrogens with one attached hydrogen (secondary N) is 2. The topological polar surface area (TPSA) is 74.3 Å². The second-order valence-corrected chi connectivity index (χ2v) is 8.56. The highest BCUT2D eigenvalue weighted by Crippen LogP contribution is 2.28. The van der Waals surface area contributed by atoms with Crippen LogP contribution in [0.4, 0.5) is 11.4 Å². The fourth-order valence-corrected chi connectivity index (χ4v) is 3.47. The normalized spacial score (nSPS) is 14.3. The van der Waals surface area contributed by atoms with E-state index in [0.717, 1.165) is 37.2 Å². The van der Waals surface area contributed by atoms with Crippen LogP contribution in [-0.2, 0) is 11.3 Å². The third-order valence-corrected chi connectivity index (χ3v) is 5.99. The largest absolute Gasteiger partial charge is 0.371 e. The number of amides is 2. The van der Waals surface area contributed by atoms with E-state index in [1.54, 1.807) is 32.3 Å². The minimum atomic E-state index is -0.699. The maximum absolute atomic E-state index is 13.1. The molecule has 1 aliphatic heterocycles. The average Bonchev–Trinajstić information content (AvgIpc) is 2.78. The number of anilines is 2. The van der Waals surface area contributed by atoms with E-state index in [1.165, 1.54) is 6.42 Å². The van der Waals surface area contributed by atoms with Crippen molar-refractivity contribution in [1.82, 2.24) is 10.3 Å². The summed E-state index contributed by atoms with van der Waals surface area (Å²) < 4.78 is 0. The molecule has 3 rings (SSSR count). The fraction of sp³-hybridized carbons (Fsp3) is 0.435. The lowest BCUT2D eigenvalue weighted by Gasteiger charge is -2.30. The van der Waals surface area contributed by atoms with Gasteiger partial charge in [-0.2, -0.15) is 0 Å². The smallest absolute Gasteiger partial charge is 0.253 e. The third kappa shape index (κ3) is 5.51. The van der Waals surface area contributed by atoms with E-state index in [2.05, 4.69) is 20.5 Å². The van der Waals surface area contributed by atoms with Crippen molar-refractivity contribution in [3.8, 4) is 0 Å². The molecule has 1 aromatic heterocycles. The van der Waals surface area contributed by atoms with Crippen LogP contribution in [0.2, 0.25) is 0 Å². The predicted octanol–water partition coefficient (Wildman–Crippen LogP) is 4.21. The first kappa shape index (κ1) is 22.1. The molecule has 0 radical (unpaired) electrons. The lowest BCUT2D eigenvalue weighted by Crippen LogP contribution is -2.34. The Morgan fingerprint density at radius 3 is 2.60 bits per heavy atom. The molecule has 1 fully saturated rings. The molecule has 2 heterocycles. The summed E-state index contributed by atoms with van der Waals surface area (Å²) in [4.78, 5) is 31.9. The molecule has 0 aliphatic carbocycles. The molecule has 2 aromatic rings. The van der Waals surface area contributed by atoms with Gasteiger partial charge in [0.2, 0.25) is 5.91 Å². The van der Waals surface area contributed by atoms with Crippen molar-refractivity contribution in [3.63, 3.8) is 0 Å². The van der Waals surface area contributed by atoms with Gasteiger partial charge in [-0.05, 0) is 62.9 Å². The zero-order chi connectivity index (χ0) is 21.6. The van der Waals surface area contributed by atoms with Gasteiger partial charge in [-0.1, -0.05) is 6.07 Å². The summed E-state index contributed by atoms with van der Waals surface area (Å²) in [7, 11) is 0. The zero-order valence-electron chi connectivity index (χ0n) is 17.6. The molecule has 160 valence electrons. The number of halogens is 1. The van der Waals surface area contributed by atoms with Crippen LogP contribution in [0, 0.1) is 5.41 Å². The Bertz CT molecular complexity index is 880. The Morgan fingerprint density at radius 2 is 1.93 bits per heavy atom. The number of aromatic nitrogens is 1. The summed E-state index contributed by atoms with van der Waals surface area (Å²) in [5.41, 5.74) is 2.27. The molecule has 6 nitrogen and oxygen atoms in total. The van der Waals surface area contributed by atoms with Crippen molar-refractivity contribution < 1.29 is 9.59 Å². The monoisotopic (exact) mass is 428 g/mol. The van der Waals surface area contributed by atoms with Gasteiger partial charge in [0.25, 0.3) is 5.91 Å². The number of hydrogen-bond donors (Lipinski definition) is 2. The molecule has 1 saturated heterocycles. The average molecular weight is 429 g/mol. The molecule has 0 spiro atoms. The molecule has 0 atom stereocenters. The summed E-state index contributed by atoms with van der Waals surface area (Å²) in [5.74, 6) is -0.138. The van der Waals surface area contributed by atoms with Crippen molar-refractivity contribution in [2.75, 3.05) is 29.2 Å². The molecule has 0 unspecified atom stereocenters. The van der Waals surface area contributed by atoms with Crippen LogP contribution in [-0.4, -0.2) is 35.8 Å². The van der Waals surface area contributed by atoms with Crippen LogP contribution in [0.5, 0.6) is 0 Å². The standard InChI is InChI=1S/C23H29ClN4O2/c1-23(2,16-24)22(30)27-18-8-9-20(28-11-4-3-5-12-28)19(13-18)21(29)26-15-17-7-6-10-25-14-17/h6-10,13-14H,3-5,11-12,15-16H2,1-2H3,(H,26,29)(H,27,30). The Kier molecular flexibility index (Phi) is 7.32. The van der Waals surface area contributed by atoms with Crippen molar-refractivity contribution in [1.29, 1.82) is 0 Å². The van der Waals surface area contributed by atoms with Gasteiger partial charge in [0, 0.05) is 49.3 Å². The molecule has 2 N–H and O–H groups in total. The molecule has 2 amide bonds. The summed E-state index contributed by atoms with van der Waals surface area (Å²) in [6, 6.07) is 9.29. The van der Waals surface area contributed by atoms with E-state index in [4.69, 9.17) is 11.6 Å². The van der Waals surface area contributed by atoms with Crippen molar-refractivity contribution in [2.24, 2.45) is 5.41 Å². The van der Waals surface area contributed by atoms with E-state index in [0.29, 0.717) is 17.8 Å². The summed E-state index contributed by atoms with van der Waals surface area (Å²) in [6.45, 7) is 5.82. The van der Waals surface area contributed by atoms with Crippen LogP contribution >= 0.6 is 11.6 Å². The summed E-state index contributed by atoms with van der Waals surface area (Å²) >= 11 is 5.93. The molecule has 0 bridgehead atoms. The number of carbonyl (C=O) groups excluding carboxylic acids is 2. The van der Waals surface area contributed by atoms with Crippen LogP contribution in [0.3, 0.4) is 0 Å². The van der Waals surface area contributed by atoms with Gasteiger partial charge in [0.1, 0.15) is 0 Å². The fourth-order valence-electron chi connectivity index (χ4n) is 3.35. The van der Waals surface area contributed by atoms with Crippen LogP contribution in [0.15, 0.2) is 42.7 Å². The maximum Gasteiger partial charge on any atom is 0.253 e. The Hall–Kier alpha value is -2.60. The highest BCUT2D eigenvalue weighted by atomic mass is 35.5. The third-order valence-electron chi connectivity index (χ3n) is 5.32. The van der Waals surface area contributed by atoms with Crippen molar-refractivity contribution in [2.45, 2.75) is 39.7 Å². The van der Waals surface area contributed by atoms with Gasteiger partial charge < -0.3 is 15.5 Å². The first-order valence-electron chi connectivity index (χ1n) is 10.3. The summed E-state index contributed by atoms with van der Waals surface area (Å²) in [5, 5.41) is 5.88.